The zero-order chi connectivity index (χ0) is 13.7. The first kappa shape index (κ1) is 13.6. The molecule has 1 aliphatic rings. The highest BCUT2D eigenvalue weighted by atomic mass is 16.5. The predicted molar refractivity (Wildman–Crippen MR) is 73.8 cm³/mol. The number of hydrogen-bond acceptors (Lipinski definition) is 3. The zero-order valence-electron chi connectivity index (χ0n) is 11.1. The summed E-state index contributed by atoms with van der Waals surface area (Å²) in [5.41, 5.74) is 0.924. The van der Waals surface area contributed by atoms with Gasteiger partial charge in [0.1, 0.15) is 5.75 Å². The highest BCUT2D eigenvalue weighted by Crippen LogP contribution is 2.18. The second kappa shape index (κ2) is 6.38. The van der Waals surface area contributed by atoms with Gasteiger partial charge in [0.25, 0.3) is 0 Å². The summed E-state index contributed by atoms with van der Waals surface area (Å²) < 4.78 is 5.13. The van der Waals surface area contributed by atoms with Crippen LogP contribution in [0.4, 0.5) is 0 Å². The Bertz CT molecular complexity index is 470. The van der Waals surface area contributed by atoms with Gasteiger partial charge in [-0.1, -0.05) is 12.1 Å². The van der Waals surface area contributed by atoms with E-state index in [9.17, 15) is 9.90 Å². The molecular formula is C15H19NO3. The average molecular weight is 261 g/mol. The van der Waals surface area contributed by atoms with Crippen molar-refractivity contribution in [3.8, 4) is 5.75 Å². The Hall–Kier alpha value is -1.81. The third-order valence-electron chi connectivity index (χ3n) is 3.38. The van der Waals surface area contributed by atoms with Crippen molar-refractivity contribution in [3.63, 3.8) is 0 Å². The lowest BCUT2D eigenvalue weighted by Crippen LogP contribution is -2.36. The fourth-order valence-corrected chi connectivity index (χ4v) is 2.32. The van der Waals surface area contributed by atoms with Crippen LogP contribution in [0.25, 0.3) is 6.08 Å². The van der Waals surface area contributed by atoms with Gasteiger partial charge in [0.2, 0.25) is 5.91 Å². The van der Waals surface area contributed by atoms with E-state index < -0.39 is 0 Å². The molecule has 0 aliphatic carbocycles. The van der Waals surface area contributed by atoms with Crippen molar-refractivity contribution in [1.82, 2.24) is 4.90 Å². The second-order valence-electron chi connectivity index (χ2n) is 4.62. The van der Waals surface area contributed by atoms with Crippen LogP contribution in [-0.4, -0.2) is 42.2 Å². The molecule has 0 bridgehead atoms. The summed E-state index contributed by atoms with van der Waals surface area (Å²) in [6, 6.07) is 7.51. The number of methoxy groups -OCH3 is 1. The standard InChI is InChI=1S/C15H19NO3/c1-19-14-6-2-4-12(10-14)7-8-15(18)16-9-3-5-13(16)11-17/h2,4,6-8,10,13,17H,3,5,9,11H2,1H3/b8-7+/t13-/m1/s1. The molecule has 4 nitrogen and oxygen atoms in total. The van der Waals surface area contributed by atoms with Crippen LogP contribution in [0.2, 0.25) is 0 Å². The van der Waals surface area contributed by atoms with Crippen LogP contribution in [0, 0.1) is 0 Å². The van der Waals surface area contributed by atoms with Crippen LogP contribution in [-0.2, 0) is 4.79 Å². The summed E-state index contributed by atoms with van der Waals surface area (Å²) in [6.07, 6.45) is 5.18. The summed E-state index contributed by atoms with van der Waals surface area (Å²) in [6.45, 7) is 0.769. The molecule has 2 rings (SSSR count). The molecule has 4 heteroatoms. The molecule has 1 N–H and O–H groups in total. The molecule has 0 spiro atoms. The first-order valence-electron chi connectivity index (χ1n) is 6.48. The lowest BCUT2D eigenvalue weighted by atomic mass is 10.2. The van der Waals surface area contributed by atoms with Crippen molar-refractivity contribution < 1.29 is 14.6 Å². The van der Waals surface area contributed by atoms with E-state index in [4.69, 9.17) is 4.74 Å². The molecule has 1 atom stereocenters. The lowest BCUT2D eigenvalue weighted by Gasteiger charge is -2.21. The van der Waals surface area contributed by atoms with Gasteiger partial charge in [-0.05, 0) is 36.6 Å². The third kappa shape index (κ3) is 3.35. The van der Waals surface area contributed by atoms with Gasteiger partial charge in [0, 0.05) is 12.6 Å². The van der Waals surface area contributed by atoms with Gasteiger partial charge < -0.3 is 14.7 Å². The Morgan fingerprint density at radius 1 is 1.58 bits per heavy atom. The highest BCUT2D eigenvalue weighted by Gasteiger charge is 2.26. The number of nitrogens with zero attached hydrogens (tertiary/aromatic N) is 1. The fraction of sp³-hybridized carbons (Fsp3) is 0.400. The molecule has 0 saturated carbocycles. The molecule has 19 heavy (non-hydrogen) atoms. The number of aliphatic hydroxyl groups excluding tert-OH is 1. The number of ether oxygens (including phenoxy) is 1. The topological polar surface area (TPSA) is 49.8 Å². The SMILES string of the molecule is COc1cccc(/C=C/C(=O)N2CCC[C@@H]2CO)c1. The maximum Gasteiger partial charge on any atom is 0.246 e. The van der Waals surface area contributed by atoms with E-state index in [0.29, 0.717) is 0 Å². The Morgan fingerprint density at radius 2 is 2.42 bits per heavy atom. The number of likely N-dealkylation sites (tertiary alicyclic amines) is 1. The monoisotopic (exact) mass is 261 g/mol. The maximum absolute atomic E-state index is 12.0. The maximum atomic E-state index is 12.0. The molecule has 0 unspecified atom stereocenters. The minimum absolute atomic E-state index is 0.0255. The smallest absolute Gasteiger partial charge is 0.246 e. The summed E-state index contributed by atoms with van der Waals surface area (Å²) in [5, 5.41) is 9.20. The van der Waals surface area contributed by atoms with E-state index in [0.717, 1.165) is 30.7 Å². The van der Waals surface area contributed by atoms with Crippen molar-refractivity contribution in [2.24, 2.45) is 0 Å². The van der Waals surface area contributed by atoms with Crippen LogP contribution >= 0.6 is 0 Å². The summed E-state index contributed by atoms with van der Waals surface area (Å²) in [5.74, 6) is 0.725. The van der Waals surface area contributed by atoms with Gasteiger partial charge in [0.15, 0.2) is 0 Å². The van der Waals surface area contributed by atoms with Crippen molar-refractivity contribution in [2.45, 2.75) is 18.9 Å². The van der Waals surface area contributed by atoms with E-state index in [1.807, 2.05) is 24.3 Å². The minimum atomic E-state index is -0.0423. The molecule has 0 aromatic heterocycles. The van der Waals surface area contributed by atoms with Gasteiger partial charge in [-0.25, -0.2) is 0 Å². The van der Waals surface area contributed by atoms with E-state index in [1.54, 1.807) is 24.2 Å². The first-order chi connectivity index (χ1) is 9.24. The zero-order valence-corrected chi connectivity index (χ0v) is 11.1. The summed E-state index contributed by atoms with van der Waals surface area (Å²) in [7, 11) is 1.62. The normalized spacial score (nSPS) is 19.1. The van der Waals surface area contributed by atoms with E-state index >= 15 is 0 Å². The predicted octanol–water partition coefficient (Wildman–Crippen LogP) is 1.69. The van der Waals surface area contributed by atoms with Crippen LogP contribution in [0.5, 0.6) is 5.75 Å². The number of carbonyl (C=O) groups is 1. The van der Waals surface area contributed by atoms with E-state index in [2.05, 4.69) is 0 Å². The van der Waals surface area contributed by atoms with Crippen LogP contribution in [0.1, 0.15) is 18.4 Å². The number of rotatable bonds is 4. The summed E-state index contributed by atoms with van der Waals surface area (Å²) in [4.78, 5) is 13.8. The Kier molecular flexibility index (Phi) is 4.58. The lowest BCUT2D eigenvalue weighted by molar-refractivity contribution is -0.127. The second-order valence-corrected chi connectivity index (χ2v) is 4.62. The molecule has 0 radical (unpaired) electrons. The molecular weight excluding hydrogens is 242 g/mol. The Balaban J connectivity index is 2.03. The number of amides is 1. The fourth-order valence-electron chi connectivity index (χ4n) is 2.32. The first-order valence-corrected chi connectivity index (χ1v) is 6.48. The third-order valence-corrected chi connectivity index (χ3v) is 3.38. The molecule has 1 saturated heterocycles. The van der Waals surface area contributed by atoms with Gasteiger partial charge in [0.05, 0.1) is 19.8 Å². The van der Waals surface area contributed by atoms with Crippen LogP contribution in [0.3, 0.4) is 0 Å². The van der Waals surface area contributed by atoms with Gasteiger partial charge in [-0.15, -0.1) is 0 Å². The average Bonchev–Trinajstić information content (AvgIpc) is 2.93. The number of carbonyl (C=O) groups excluding carboxylic acids is 1. The summed E-state index contributed by atoms with van der Waals surface area (Å²) >= 11 is 0. The van der Waals surface area contributed by atoms with E-state index in [1.165, 1.54) is 0 Å². The minimum Gasteiger partial charge on any atom is -0.497 e. The quantitative estimate of drug-likeness (QED) is 0.839. The largest absolute Gasteiger partial charge is 0.497 e. The van der Waals surface area contributed by atoms with Gasteiger partial charge >= 0.3 is 0 Å². The molecule has 1 heterocycles. The number of benzene rings is 1. The van der Waals surface area contributed by atoms with Crippen molar-refractivity contribution >= 4 is 12.0 Å². The van der Waals surface area contributed by atoms with Crippen molar-refractivity contribution in [3.05, 3.63) is 35.9 Å². The van der Waals surface area contributed by atoms with Crippen molar-refractivity contribution in [2.75, 3.05) is 20.3 Å². The van der Waals surface area contributed by atoms with Gasteiger partial charge in [-0.2, -0.15) is 0 Å². The molecule has 1 fully saturated rings. The molecule has 1 amide bonds. The molecule has 1 aliphatic heterocycles. The Morgan fingerprint density at radius 3 is 3.16 bits per heavy atom. The molecule has 102 valence electrons. The van der Waals surface area contributed by atoms with Crippen molar-refractivity contribution in [1.29, 1.82) is 0 Å². The van der Waals surface area contributed by atoms with Gasteiger partial charge in [-0.3, -0.25) is 4.79 Å². The van der Waals surface area contributed by atoms with Crippen LogP contribution in [0.15, 0.2) is 30.3 Å². The van der Waals surface area contributed by atoms with Crippen LogP contribution < -0.4 is 4.74 Å². The van der Waals surface area contributed by atoms with E-state index in [-0.39, 0.29) is 18.6 Å². The number of hydrogen-bond donors (Lipinski definition) is 1. The highest BCUT2D eigenvalue weighted by molar-refractivity contribution is 5.92. The molecule has 1 aromatic rings. The molecule has 1 aromatic carbocycles. The number of aliphatic hydroxyl groups is 1. The Labute approximate surface area is 113 Å².